The summed E-state index contributed by atoms with van der Waals surface area (Å²) in [6.45, 7) is 2.29. The molecule has 166 valence electrons. The van der Waals surface area contributed by atoms with Crippen molar-refractivity contribution in [3.8, 4) is 0 Å². The minimum atomic E-state index is 0.471. The molecule has 1 aromatic heterocycles. The van der Waals surface area contributed by atoms with E-state index in [9.17, 15) is 0 Å². The normalized spacial score (nSPS) is 13.2. The minimum Gasteiger partial charge on any atom is -0.250 e. The predicted molar refractivity (Wildman–Crippen MR) is 131 cm³/mol. The van der Waals surface area contributed by atoms with Crippen LogP contribution in [0, 0.1) is 0 Å². The molecule has 0 aliphatic rings. The lowest BCUT2D eigenvalue weighted by Gasteiger charge is -2.26. The number of benzene rings is 2. The van der Waals surface area contributed by atoms with E-state index < -0.39 is 0 Å². The summed E-state index contributed by atoms with van der Waals surface area (Å²) in [6.07, 6.45) is 21.1. The third kappa shape index (κ3) is 8.01. The van der Waals surface area contributed by atoms with Crippen LogP contribution in [-0.4, -0.2) is 4.98 Å². The zero-order chi connectivity index (χ0) is 21.6. The van der Waals surface area contributed by atoms with E-state index >= 15 is 0 Å². The Hall–Kier alpha value is -2.35. The van der Waals surface area contributed by atoms with Gasteiger partial charge in [-0.1, -0.05) is 119 Å². The molecule has 0 radical (unpaired) electrons. The molecule has 3 rings (SSSR count). The van der Waals surface area contributed by atoms with Crippen molar-refractivity contribution in [2.75, 3.05) is 0 Å². The molecule has 0 fully saturated rings. The van der Waals surface area contributed by atoms with Crippen LogP contribution in [0.2, 0.25) is 0 Å². The quantitative estimate of drug-likeness (QED) is 0.192. The Labute approximate surface area is 189 Å². The van der Waals surface area contributed by atoms with Gasteiger partial charge in [-0.05, 0) is 30.4 Å². The van der Waals surface area contributed by atoms with E-state index in [1.54, 1.807) is 0 Å². The van der Waals surface area contributed by atoms with Crippen LogP contribution in [0.1, 0.15) is 94.2 Å². The van der Waals surface area contributed by atoms with Crippen LogP contribution in [0.5, 0.6) is 0 Å². The van der Waals surface area contributed by atoms with Crippen molar-refractivity contribution in [1.29, 1.82) is 0 Å². The Bertz CT molecular complexity index is 795. The number of hydrogen-bond acceptors (Lipinski definition) is 0. The van der Waals surface area contributed by atoms with Gasteiger partial charge >= 0.3 is 0 Å². The molecule has 0 saturated heterocycles. The van der Waals surface area contributed by atoms with Gasteiger partial charge in [0.25, 0.3) is 0 Å². The van der Waals surface area contributed by atoms with Crippen molar-refractivity contribution in [3.63, 3.8) is 0 Å². The van der Waals surface area contributed by atoms with Crippen molar-refractivity contribution < 1.29 is 4.57 Å². The van der Waals surface area contributed by atoms with Gasteiger partial charge in [0, 0.05) is 5.92 Å². The van der Waals surface area contributed by atoms with Gasteiger partial charge in [-0.3, -0.25) is 4.98 Å². The van der Waals surface area contributed by atoms with E-state index in [-0.39, 0.29) is 0 Å². The first kappa shape index (κ1) is 23.3. The van der Waals surface area contributed by atoms with Crippen molar-refractivity contribution in [1.82, 2.24) is 4.98 Å². The topological polar surface area (TPSA) is 19.7 Å². The van der Waals surface area contributed by atoms with E-state index in [4.69, 9.17) is 0 Å². The average molecular weight is 418 g/mol. The van der Waals surface area contributed by atoms with Gasteiger partial charge in [0.15, 0.2) is 0 Å². The average Bonchev–Trinajstić information content (AvgIpc) is 3.35. The maximum Gasteiger partial charge on any atom is 0.241 e. The van der Waals surface area contributed by atoms with Crippen LogP contribution in [0.4, 0.5) is 0 Å². The van der Waals surface area contributed by atoms with E-state index in [2.05, 4.69) is 89.7 Å². The first-order valence-electron chi connectivity index (χ1n) is 12.5. The second kappa shape index (κ2) is 13.9. The number of imidazole rings is 1. The Morgan fingerprint density at radius 3 is 1.97 bits per heavy atom. The number of rotatable bonds is 15. The molecule has 0 bridgehead atoms. The smallest absolute Gasteiger partial charge is 0.241 e. The summed E-state index contributed by atoms with van der Waals surface area (Å²) in [5, 5.41) is 0. The van der Waals surface area contributed by atoms with Gasteiger partial charge in [0.05, 0.1) is 0 Å². The molecular weight excluding hydrogens is 376 g/mol. The molecule has 3 aromatic rings. The third-order valence-electron chi connectivity index (χ3n) is 6.54. The summed E-state index contributed by atoms with van der Waals surface area (Å²) >= 11 is 0. The molecule has 1 N–H and O–H groups in total. The van der Waals surface area contributed by atoms with Crippen LogP contribution in [0.3, 0.4) is 0 Å². The molecule has 2 atom stereocenters. The highest BCUT2D eigenvalue weighted by Crippen LogP contribution is 2.32. The number of hydrogen-bond donors (Lipinski definition) is 1. The molecular formula is C29H41N2+. The fraction of sp³-hybridized carbons (Fsp3) is 0.483. The maximum atomic E-state index is 3.28. The second-order valence-corrected chi connectivity index (χ2v) is 8.95. The van der Waals surface area contributed by atoms with Crippen LogP contribution >= 0.6 is 0 Å². The van der Waals surface area contributed by atoms with Gasteiger partial charge in [-0.25, -0.2) is 4.57 Å². The van der Waals surface area contributed by atoms with Crippen molar-refractivity contribution in [2.45, 2.75) is 89.5 Å². The summed E-state index contributed by atoms with van der Waals surface area (Å²) in [5.41, 5.74) is 2.87. The molecule has 31 heavy (non-hydrogen) atoms. The Kier molecular flexibility index (Phi) is 10.4. The summed E-state index contributed by atoms with van der Waals surface area (Å²) in [6, 6.07) is 22.6. The highest BCUT2D eigenvalue weighted by molar-refractivity contribution is 5.25. The number of nitrogens with zero attached hydrogens (tertiary/aromatic N) is 1. The zero-order valence-corrected chi connectivity index (χ0v) is 19.4. The fourth-order valence-electron chi connectivity index (χ4n) is 4.77. The third-order valence-corrected chi connectivity index (χ3v) is 6.54. The van der Waals surface area contributed by atoms with Crippen LogP contribution in [0.25, 0.3) is 0 Å². The molecule has 2 unspecified atom stereocenters. The number of H-pyrrole nitrogens is 1. The summed E-state index contributed by atoms with van der Waals surface area (Å²) in [5.74, 6) is 0.471. The largest absolute Gasteiger partial charge is 0.250 e. The number of aromatic nitrogens is 2. The Morgan fingerprint density at radius 1 is 0.742 bits per heavy atom. The van der Waals surface area contributed by atoms with Gasteiger partial charge in [0.1, 0.15) is 18.4 Å². The summed E-state index contributed by atoms with van der Waals surface area (Å²) < 4.78 is 2.41. The minimum absolute atomic E-state index is 0.471. The van der Waals surface area contributed by atoms with Crippen LogP contribution < -0.4 is 4.57 Å². The molecule has 0 saturated carbocycles. The van der Waals surface area contributed by atoms with Crippen molar-refractivity contribution >= 4 is 0 Å². The first-order chi connectivity index (χ1) is 15.4. The monoisotopic (exact) mass is 417 g/mol. The zero-order valence-electron chi connectivity index (χ0n) is 19.4. The van der Waals surface area contributed by atoms with Gasteiger partial charge in [0.2, 0.25) is 6.33 Å². The molecule has 2 heteroatoms. The Balaban J connectivity index is 1.62. The molecule has 2 aromatic carbocycles. The highest BCUT2D eigenvalue weighted by Gasteiger charge is 2.28. The molecule has 0 aliphatic heterocycles. The fourth-order valence-corrected chi connectivity index (χ4v) is 4.77. The molecule has 1 heterocycles. The standard InChI is InChI=1S/C29H40N2/c1-2-3-4-5-6-7-8-9-16-21-29(31-23-22-30-25-31)28(27-19-14-11-15-20-27)24-26-17-12-10-13-18-26/h10-15,17-20,22-23,25,28-29H,2-9,16,21,24H2,1H3/p+1. The van der Waals surface area contributed by atoms with Crippen LogP contribution in [0.15, 0.2) is 79.4 Å². The summed E-state index contributed by atoms with van der Waals surface area (Å²) in [4.78, 5) is 3.28. The van der Waals surface area contributed by atoms with E-state index in [1.165, 1.54) is 75.3 Å². The predicted octanol–water partition coefficient (Wildman–Crippen LogP) is 7.79. The van der Waals surface area contributed by atoms with E-state index in [0.29, 0.717) is 12.0 Å². The summed E-state index contributed by atoms with van der Waals surface area (Å²) in [7, 11) is 0. The molecule has 0 spiro atoms. The van der Waals surface area contributed by atoms with Crippen LogP contribution in [-0.2, 0) is 6.42 Å². The lowest BCUT2D eigenvalue weighted by molar-refractivity contribution is -0.725. The molecule has 2 nitrogen and oxygen atoms in total. The Morgan fingerprint density at radius 2 is 1.35 bits per heavy atom. The van der Waals surface area contributed by atoms with Crippen molar-refractivity contribution in [2.24, 2.45) is 0 Å². The maximum absolute atomic E-state index is 3.28. The first-order valence-corrected chi connectivity index (χ1v) is 12.5. The lowest BCUT2D eigenvalue weighted by atomic mass is 9.83. The lowest BCUT2D eigenvalue weighted by Crippen LogP contribution is -2.41. The van der Waals surface area contributed by atoms with Crippen molar-refractivity contribution in [3.05, 3.63) is 90.5 Å². The van der Waals surface area contributed by atoms with Gasteiger partial charge in [-0.2, -0.15) is 0 Å². The van der Waals surface area contributed by atoms with Gasteiger partial charge < -0.3 is 0 Å². The van der Waals surface area contributed by atoms with Gasteiger partial charge in [-0.15, -0.1) is 0 Å². The SMILES string of the molecule is CCCCCCCCCCCC(C(Cc1ccccc1)c1ccccc1)[n+]1cc[nH]c1. The second-order valence-electron chi connectivity index (χ2n) is 8.95. The highest BCUT2D eigenvalue weighted by atomic mass is 15.1. The number of nitrogens with one attached hydrogen (secondary N) is 1. The van der Waals surface area contributed by atoms with E-state index in [0.717, 1.165) is 6.42 Å². The molecule has 0 aliphatic carbocycles. The molecule has 0 amide bonds. The number of aromatic amines is 1. The van der Waals surface area contributed by atoms with E-state index in [1.807, 2.05) is 6.20 Å². The number of unbranched alkanes of at least 4 members (excludes halogenated alkanes) is 8.